The van der Waals surface area contributed by atoms with Gasteiger partial charge in [0, 0.05) is 6.54 Å². The quantitative estimate of drug-likeness (QED) is 0.591. The summed E-state index contributed by atoms with van der Waals surface area (Å²) in [7, 11) is -3.41. The van der Waals surface area contributed by atoms with E-state index in [0.717, 1.165) is 6.26 Å². The van der Waals surface area contributed by atoms with Crippen molar-refractivity contribution in [2.45, 2.75) is 52.2 Å². The molecule has 6 nitrogen and oxygen atoms in total. The van der Waals surface area contributed by atoms with Crippen molar-refractivity contribution >= 4 is 16.2 Å². The maximum atomic E-state index is 11.3. The van der Waals surface area contributed by atoms with Crippen LogP contribution in [0.1, 0.15) is 40.5 Å². The molecule has 0 heterocycles. The van der Waals surface area contributed by atoms with Crippen molar-refractivity contribution in [2.24, 2.45) is 0 Å². The fourth-order valence-electron chi connectivity index (χ4n) is 1.24. The summed E-state index contributed by atoms with van der Waals surface area (Å²) in [6.45, 7) is 7.46. The lowest BCUT2D eigenvalue weighted by Crippen LogP contribution is -2.33. The van der Waals surface area contributed by atoms with Gasteiger partial charge in [-0.25, -0.2) is 4.79 Å². The molecule has 0 fully saturated rings. The summed E-state index contributed by atoms with van der Waals surface area (Å²) < 4.78 is 31.5. The Hall–Kier alpha value is -0.820. The number of amides is 1. The van der Waals surface area contributed by atoms with Gasteiger partial charge >= 0.3 is 6.09 Å². The van der Waals surface area contributed by atoms with Crippen LogP contribution < -0.4 is 5.32 Å². The van der Waals surface area contributed by atoms with Crippen LogP contribution in [0.3, 0.4) is 0 Å². The highest BCUT2D eigenvalue weighted by molar-refractivity contribution is 7.86. The highest BCUT2D eigenvalue weighted by atomic mass is 32.2. The van der Waals surface area contributed by atoms with Gasteiger partial charge in [-0.2, -0.15) is 8.42 Å². The van der Waals surface area contributed by atoms with Crippen LogP contribution in [0.15, 0.2) is 0 Å². The minimum Gasteiger partial charge on any atom is -0.444 e. The van der Waals surface area contributed by atoms with Crippen molar-refractivity contribution in [3.63, 3.8) is 0 Å². The van der Waals surface area contributed by atoms with Gasteiger partial charge in [0.05, 0.1) is 12.4 Å². The number of nitrogens with one attached hydrogen (secondary N) is 1. The number of hydrogen-bond acceptors (Lipinski definition) is 5. The predicted molar refractivity (Wildman–Crippen MR) is 68.9 cm³/mol. The SMILES string of the molecule is CC(CCCNC(=O)OC(C)(C)C)OS(C)(=O)=O. The largest absolute Gasteiger partial charge is 0.444 e. The molecule has 1 N–H and O–H groups in total. The van der Waals surface area contributed by atoms with E-state index in [1.54, 1.807) is 27.7 Å². The van der Waals surface area contributed by atoms with E-state index in [-0.39, 0.29) is 6.10 Å². The number of hydrogen-bond donors (Lipinski definition) is 1. The molecular formula is C11H23NO5S. The van der Waals surface area contributed by atoms with Crippen molar-refractivity contribution in [3.05, 3.63) is 0 Å². The molecule has 0 aliphatic rings. The first-order valence-electron chi connectivity index (χ1n) is 5.85. The van der Waals surface area contributed by atoms with Gasteiger partial charge in [-0.1, -0.05) is 0 Å². The molecule has 108 valence electrons. The molecule has 1 unspecified atom stereocenters. The number of rotatable bonds is 6. The van der Waals surface area contributed by atoms with Gasteiger partial charge in [0.25, 0.3) is 10.1 Å². The molecule has 0 spiro atoms. The molecule has 0 bridgehead atoms. The third-order valence-electron chi connectivity index (χ3n) is 1.79. The summed E-state index contributed by atoms with van der Waals surface area (Å²) in [4.78, 5) is 11.3. The van der Waals surface area contributed by atoms with Crippen LogP contribution >= 0.6 is 0 Å². The Bertz CT molecular complexity index is 358. The first-order chi connectivity index (χ1) is 7.99. The van der Waals surface area contributed by atoms with Crippen molar-refractivity contribution in [1.29, 1.82) is 0 Å². The molecule has 0 aliphatic heterocycles. The van der Waals surface area contributed by atoms with E-state index in [9.17, 15) is 13.2 Å². The van der Waals surface area contributed by atoms with Crippen LogP contribution in [-0.2, 0) is 19.0 Å². The number of carbonyl (C=O) groups excluding carboxylic acids is 1. The Morgan fingerprint density at radius 1 is 1.33 bits per heavy atom. The van der Waals surface area contributed by atoms with Crippen molar-refractivity contribution in [1.82, 2.24) is 5.32 Å². The minimum absolute atomic E-state index is 0.388. The lowest BCUT2D eigenvalue weighted by Gasteiger charge is -2.19. The van der Waals surface area contributed by atoms with E-state index in [0.29, 0.717) is 19.4 Å². The Balaban J connectivity index is 3.71. The summed E-state index contributed by atoms with van der Waals surface area (Å²) in [5.74, 6) is 0. The maximum absolute atomic E-state index is 11.3. The van der Waals surface area contributed by atoms with Crippen LogP contribution in [0.5, 0.6) is 0 Å². The molecule has 0 aliphatic carbocycles. The van der Waals surface area contributed by atoms with Gasteiger partial charge in [-0.05, 0) is 40.5 Å². The third kappa shape index (κ3) is 11.7. The zero-order chi connectivity index (χ0) is 14.4. The minimum atomic E-state index is -3.41. The highest BCUT2D eigenvalue weighted by Gasteiger charge is 2.15. The van der Waals surface area contributed by atoms with E-state index in [1.165, 1.54) is 0 Å². The molecule has 1 amide bonds. The summed E-state index contributed by atoms with van der Waals surface area (Å²) >= 11 is 0. The molecule has 1 atom stereocenters. The van der Waals surface area contributed by atoms with E-state index in [2.05, 4.69) is 5.32 Å². The van der Waals surface area contributed by atoms with Crippen LogP contribution in [0.4, 0.5) is 4.79 Å². The number of carbonyl (C=O) groups is 1. The molecular weight excluding hydrogens is 258 g/mol. The second-order valence-electron chi connectivity index (χ2n) is 5.18. The third-order valence-corrected chi connectivity index (χ3v) is 2.47. The van der Waals surface area contributed by atoms with Gasteiger partial charge in [0.2, 0.25) is 0 Å². The molecule has 0 aromatic carbocycles. The molecule has 18 heavy (non-hydrogen) atoms. The van der Waals surface area contributed by atoms with Crippen molar-refractivity contribution in [2.75, 3.05) is 12.8 Å². The van der Waals surface area contributed by atoms with Gasteiger partial charge in [0.1, 0.15) is 5.60 Å². The Kier molecular flexibility index (Phi) is 6.62. The van der Waals surface area contributed by atoms with Gasteiger partial charge in [-0.15, -0.1) is 0 Å². The molecule has 0 aromatic rings. The Labute approximate surface area is 109 Å². The Morgan fingerprint density at radius 2 is 1.89 bits per heavy atom. The highest BCUT2D eigenvalue weighted by Crippen LogP contribution is 2.07. The monoisotopic (exact) mass is 281 g/mol. The fraction of sp³-hybridized carbons (Fsp3) is 0.909. The van der Waals surface area contributed by atoms with Crippen LogP contribution in [0.25, 0.3) is 0 Å². The molecule has 0 radical (unpaired) electrons. The topological polar surface area (TPSA) is 81.7 Å². The number of ether oxygens (including phenoxy) is 1. The molecule has 7 heteroatoms. The second-order valence-corrected chi connectivity index (χ2v) is 6.78. The van der Waals surface area contributed by atoms with E-state index in [4.69, 9.17) is 8.92 Å². The molecule has 0 saturated heterocycles. The predicted octanol–water partition coefficient (Wildman–Crippen LogP) is 1.66. The summed E-state index contributed by atoms with van der Waals surface area (Å²) in [5.41, 5.74) is -0.517. The standard InChI is InChI=1S/C11H23NO5S/c1-9(17-18(5,14)15)7-6-8-12-10(13)16-11(2,3)4/h9H,6-8H2,1-5H3,(H,12,13). The summed E-state index contributed by atoms with van der Waals surface area (Å²) in [6, 6.07) is 0. The zero-order valence-electron chi connectivity index (χ0n) is 11.6. The zero-order valence-corrected chi connectivity index (χ0v) is 12.5. The van der Waals surface area contributed by atoms with Crippen LogP contribution in [0, 0.1) is 0 Å². The first kappa shape index (κ1) is 17.2. The maximum Gasteiger partial charge on any atom is 0.407 e. The van der Waals surface area contributed by atoms with Gasteiger partial charge in [-0.3, -0.25) is 4.18 Å². The van der Waals surface area contributed by atoms with Gasteiger partial charge in [0.15, 0.2) is 0 Å². The second kappa shape index (κ2) is 6.94. The molecule has 0 saturated carbocycles. The molecule has 0 rings (SSSR count). The lowest BCUT2D eigenvalue weighted by molar-refractivity contribution is 0.0525. The van der Waals surface area contributed by atoms with Crippen molar-refractivity contribution < 1.29 is 22.1 Å². The first-order valence-corrected chi connectivity index (χ1v) is 7.66. The average molecular weight is 281 g/mol. The van der Waals surface area contributed by atoms with E-state index in [1.807, 2.05) is 0 Å². The van der Waals surface area contributed by atoms with Gasteiger partial charge < -0.3 is 10.1 Å². The molecule has 0 aromatic heterocycles. The normalized spacial score (nSPS) is 14.1. The smallest absolute Gasteiger partial charge is 0.407 e. The lowest BCUT2D eigenvalue weighted by atomic mass is 10.2. The summed E-state index contributed by atoms with van der Waals surface area (Å²) in [6.07, 6.45) is 1.32. The number of alkyl carbamates (subject to hydrolysis) is 1. The van der Waals surface area contributed by atoms with E-state index < -0.39 is 21.8 Å². The van der Waals surface area contributed by atoms with Crippen molar-refractivity contribution in [3.8, 4) is 0 Å². The average Bonchev–Trinajstić information content (AvgIpc) is 2.06. The summed E-state index contributed by atoms with van der Waals surface area (Å²) in [5, 5.41) is 2.59. The Morgan fingerprint density at radius 3 is 2.33 bits per heavy atom. The fourth-order valence-corrected chi connectivity index (χ4v) is 1.93. The van der Waals surface area contributed by atoms with E-state index >= 15 is 0 Å². The van der Waals surface area contributed by atoms with Crippen LogP contribution in [-0.4, -0.2) is 39.0 Å². The van der Waals surface area contributed by atoms with Crippen LogP contribution in [0.2, 0.25) is 0 Å².